The van der Waals surface area contributed by atoms with Crippen molar-refractivity contribution in [1.82, 2.24) is 10.2 Å². The molecule has 33 heavy (non-hydrogen) atoms. The molecule has 1 amide bonds. The van der Waals surface area contributed by atoms with E-state index in [0.717, 1.165) is 43.5 Å². The molecule has 3 N–H and O–H groups in total. The molecule has 0 aliphatic heterocycles. The smallest absolute Gasteiger partial charge is 0.393 e. The van der Waals surface area contributed by atoms with Crippen molar-refractivity contribution < 1.29 is 23.1 Å². The average molecular weight is 462 g/mol. The summed E-state index contributed by atoms with van der Waals surface area (Å²) in [7, 11) is 1.64. The van der Waals surface area contributed by atoms with E-state index in [1.807, 2.05) is 18.2 Å². The number of rotatable bonds is 7. The van der Waals surface area contributed by atoms with Crippen LogP contribution in [0.3, 0.4) is 0 Å². The molecule has 1 atom stereocenters. The first-order valence-electron chi connectivity index (χ1n) is 11.5. The Hall–Kier alpha value is -2.58. The SMILES string of the molecule is CN(C(=O)c1ccc(C(F)(F)F)cc1)C(Nc1ccccc1C1CC1)NC1CCC(O)CC1. The first-order chi connectivity index (χ1) is 15.7. The van der Waals surface area contributed by atoms with Crippen molar-refractivity contribution >= 4 is 11.6 Å². The van der Waals surface area contributed by atoms with Gasteiger partial charge in [-0.05, 0) is 80.3 Å². The molecule has 2 saturated carbocycles. The summed E-state index contributed by atoms with van der Waals surface area (Å²) in [6.45, 7) is 0. The van der Waals surface area contributed by atoms with Crippen LogP contribution < -0.4 is 10.6 Å². The standard InChI is InChI=1S/C25H30F3N3O2/c1-31(23(33)17-8-10-18(11-9-17)25(26,27)28)24(29-19-12-14-20(32)15-13-19)30-22-5-3-2-4-21(22)16-6-7-16/h2-5,8-11,16,19-20,24,29-30,32H,6-7,12-15H2,1H3. The molecule has 2 aromatic rings. The number of amides is 1. The number of anilines is 1. The molecule has 4 rings (SSSR count). The summed E-state index contributed by atoms with van der Waals surface area (Å²) in [6.07, 6.45) is -0.0692. The molecule has 0 saturated heterocycles. The number of alkyl halides is 3. The van der Waals surface area contributed by atoms with Gasteiger partial charge in [-0.1, -0.05) is 18.2 Å². The van der Waals surface area contributed by atoms with Crippen LogP contribution in [0.5, 0.6) is 0 Å². The Bertz CT molecular complexity index is 952. The maximum absolute atomic E-state index is 13.2. The lowest BCUT2D eigenvalue weighted by atomic mass is 9.93. The predicted molar refractivity (Wildman–Crippen MR) is 121 cm³/mol. The summed E-state index contributed by atoms with van der Waals surface area (Å²) in [6, 6.07) is 12.4. The number of hydrogen-bond donors (Lipinski definition) is 3. The van der Waals surface area contributed by atoms with Gasteiger partial charge in [0.1, 0.15) is 0 Å². The summed E-state index contributed by atoms with van der Waals surface area (Å²) < 4.78 is 38.7. The molecule has 0 heterocycles. The van der Waals surface area contributed by atoms with Crippen molar-refractivity contribution in [2.75, 3.05) is 12.4 Å². The van der Waals surface area contributed by atoms with Gasteiger partial charge in [0.25, 0.3) is 5.91 Å². The normalized spacial score (nSPS) is 22.0. The van der Waals surface area contributed by atoms with Crippen molar-refractivity contribution in [3.63, 3.8) is 0 Å². The van der Waals surface area contributed by atoms with Crippen molar-refractivity contribution in [2.45, 2.75) is 69.1 Å². The van der Waals surface area contributed by atoms with Gasteiger partial charge in [0.2, 0.25) is 0 Å². The zero-order chi connectivity index (χ0) is 23.6. The Morgan fingerprint density at radius 3 is 2.24 bits per heavy atom. The largest absolute Gasteiger partial charge is 0.416 e. The van der Waals surface area contributed by atoms with E-state index in [0.29, 0.717) is 18.8 Å². The summed E-state index contributed by atoms with van der Waals surface area (Å²) in [5.74, 6) is 0.128. The monoisotopic (exact) mass is 461 g/mol. The highest BCUT2D eigenvalue weighted by Crippen LogP contribution is 2.43. The molecule has 2 aromatic carbocycles. The van der Waals surface area contributed by atoms with Crippen LogP contribution >= 0.6 is 0 Å². The van der Waals surface area contributed by atoms with E-state index in [4.69, 9.17) is 0 Å². The fourth-order valence-electron chi connectivity index (χ4n) is 4.36. The van der Waals surface area contributed by atoms with Crippen LogP contribution in [-0.4, -0.2) is 41.4 Å². The summed E-state index contributed by atoms with van der Waals surface area (Å²) in [4.78, 5) is 14.7. The third kappa shape index (κ3) is 5.86. The fraction of sp³-hybridized carbons (Fsp3) is 0.480. The molecule has 0 bridgehead atoms. The Labute approximate surface area is 192 Å². The summed E-state index contributed by atoms with van der Waals surface area (Å²) in [5.41, 5.74) is 1.56. The maximum Gasteiger partial charge on any atom is 0.416 e. The number of aliphatic hydroxyl groups excluding tert-OH is 1. The molecule has 8 heteroatoms. The Balaban J connectivity index is 1.54. The van der Waals surface area contributed by atoms with E-state index in [2.05, 4.69) is 16.7 Å². The number of carbonyl (C=O) groups excluding carboxylic acids is 1. The zero-order valence-corrected chi connectivity index (χ0v) is 18.6. The van der Waals surface area contributed by atoms with Crippen molar-refractivity contribution in [3.05, 3.63) is 65.2 Å². The molecule has 178 valence electrons. The van der Waals surface area contributed by atoms with Gasteiger partial charge >= 0.3 is 6.18 Å². The van der Waals surface area contributed by atoms with Crippen molar-refractivity contribution in [3.8, 4) is 0 Å². The lowest BCUT2D eigenvalue weighted by molar-refractivity contribution is -0.137. The molecule has 1 unspecified atom stereocenters. The van der Waals surface area contributed by atoms with E-state index in [9.17, 15) is 23.1 Å². The van der Waals surface area contributed by atoms with Gasteiger partial charge in [-0.15, -0.1) is 0 Å². The highest BCUT2D eigenvalue weighted by atomic mass is 19.4. The van der Waals surface area contributed by atoms with Gasteiger partial charge in [0, 0.05) is 24.3 Å². The minimum absolute atomic E-state index is 0.113. The quantitative estimate of drug-likeness (QED) is 0.511. The number of hydrogen-bond acceptors (Lipinski definition) is 4. The summed E-state index contributed by atoms with van der Waals surface area (Å²) >= 11 is 0. The Morgan fingerprint density at radius 1 is 1.00 bits per heavy atom. The fourth-order valence-corrected chi connectivity index (χ4v) is 4.36. The number of halogens is 3. The van der Waals surface area contributed by atoms with Gasteiger partial charge in [-0.3, -0.25) is 10.1 Å². The second-order valence-electron chi connectivity index (χ2n) is 9.07. The Kier molecular flexibility index (Phi) is 6.95. The molecular formula is C25H30F3N3O2. The van der Waals surface area contributed by atoms with Crippen LogP contribution in [0.4, 0.5) is 18.9 Å². The molecule has 2 fully saturated rings. The number of benzene rings is 2. The van der Waals surface area contributed by atoms with Gasteiger partial charge in [-0.2, -0.15) is 13.2 Å². The lowest BCUT2D eigenvalue weighted by Crippen LogP contribution is -2.55. The van der Waals surface area contributed by atoms with E-state index in [-0.39, 0.29) is 23.6 Å². The van der Waals surface area contributed by atoms with Crippen LogP contribution in [0.15, 0.2) is 48.5 Å². The third-order valence-electron chi connectivity index (χ3n) is 6.53. The van der Waals surface area contributed by atoms with Crippen LogP contribution in [0.25, 0.3) is 0 Å². The second-order valence-corrected chi connectivity index (χ2v) is 9.07. The first-order valence-corrected chi connectivity index (χ1v) is 11.5. The van der Waals surface area contributed by atoms with E-state index in [1.54, 1.807) is 7.05 Å². The van der Waals surface area contributed by atoms with Gasteiger partial charge in [0.05, 0.1) is 11.7 Å². The average Bonchev–Trinajstić information content (AvgIpc) is 3.64. The van der Waals surface area contributed by atoms with Crippen LogP contribution in [0.2, 0.25) is 0 Å². The number of aliphatic hydroxyl groups is 1. The van der Waals surface area contributed by atoms with Gasteiger partial charge in [-0.25, -0.2) is 0 Å². The molecule has 2 aliphatic rings. The predicted octanol–water partition coefficient (Wildman–Crippen LogP) is 4.94. The van der Waals surface area contributed by atoms with Crippen molar-refractivity contribution in [2.24, 2.45) is 0 Å². The number of para-hydroxylation sites is 1. The topological polar surface area (TPSA) is 64.6 Å². The number of nitrogens with one attached hydrogen (secondary N) is 2. The highest BCUT2D eigenvalue weighted by Gasteiger charge is 2.32. The maximum atomic E-state index is 13.2. The third-order valence-corrected chi connectivity index (χ3v) is 6.53. The first kappa shape index (κ1) is 23.6. The summed E-state index contributed by atoms with van der Waals surface area (Å²) in [5, 5.41) is 16.8. The van der Waals surface area contributed by atoms with Crippen LogP contribution in [0.1, 0.15) is 65.9 Å². The van der Waals surface area contributed by atoms with Gasteiger partial charge < -0.3 is 15.3 Å². The van der Waals surface area contributed by atoms with E-state index < -0.39 is 18.0 Å². The minimum Gasteiger partial charge on any atom is -0.393 e. The zero-order valence-electron chi connectivity index (χ0n) is 18.6. The lowest BCUT2D eigenvalue weighted by Gasteiger charge is -2.36. The molecule has 0 radical (unpaired) electrons. The number of nitrogens with zero attached hydrogens (tertiary/aromatic N) is 1. The molecule has 5 nitrogen and oxygen atoms in total. The van der Waals surface area contributed by atoms with Gasteiger partial charge in [0.15, 0.2) is 6.29 Å². The minimum atomic E-state index is -4.45. The van der Waals surface area contributed by atoms with Crippen LogP contribution in [0, 0.1) is 0 Å². The Morgan fingerprint density at radius 2 is 1.64 bits per heavy atom. The second kappa shape index (κ2) is 9.73. The molecule has 0 aromatic heterocycles. The highest BCUT2D eigenvalue weighted by molar-refractivity contribution is 5.94. The van der Waals surface area contributed by atoms with E-state index >= 15 is 0 Å². The van der Waals surface area contributed by atoms with Crippen molar-refractivity contribution in [1.29, 1.82) is 0 Å². The van der Waals surface area contributed by atoms with Crippen LogP contribution in [-0.2, 0) is 6.18 Å². The number of carbonyl (C=O) groups is 1. The molecular weight excluding hydrogens is 431 g/mol. The molecule has 0 spiro atoms. The molecule has 2 aliphatic carbocycles. The van der Waals surface area contributed by atoms with E-state index in [1.165, 1.54) is 22.6 Å².